The van der Waals surface area contributed by atoms with Gasteiger partial charge in [0, 0.05) is 18.0 Å². The summed E-state index contributed by atoms with van der Waals surface area (Å²) in [5, 5.41) is 7.59. The van der Waals surface area contributed by atoms with Crippen molar-refractivity contribution in [3.63, 3.8) is 0 Å². The van der Waals surface area contributed by atoms with Gasteiger partial charge in [-0.25, -0.2) is 0 Å². The Morgan fingerprint density at radius 2 is 2.05 bits per heavy atom. The molecule has 1 aromatic heterocycles. The van der Waals surface area contributed by atoms with E-state index < -0.39 is 0 Å². The number of hydrogen-bond acceptors (Lipinski definition) is 4. The third kappa shape index (κ3) is 2.14. The Balaban J connectivity index is 1.63. The quantitative estimate of drug-likeness (QED) is 0.910. The molecule has 0 atom stereocenters. The number of hydrogen-bond donors (Lipinski definition) is 1. The highest BCUT2D eigenvalue weighted by molar-refractivity contribution is 5.56. The summed E-state index contributed by atoms with van der Waals surface area (Å²) in [6.07, 6.45) is 6.09. The molecular formula is C16H19N3O. The summed E-state index contributed by atoms with van der Waals surface area (Å²) in [6.45, 7) is 2.01. The second-order valence-corrected chi connectivity index (χ2v) is 5.85. The summed E-state index contributed by atoms with van der Waals surface area (Å²) in [5.41, 5.74) is 3.83. The van der Waals surface area contributed by atoms with Crippen molar-refractivity contribution in [2.75, 3.05) is 6.54 Å². The summed E-state index contributed by atoms with van der Waals surface area (Å²) in [4.78, 5) is 4.61. The summed E-state index contributed by atoms with van der Waals surface area (Å²) in [6, 6.07) is 6.49. The van der Waals surface area contributed by atoms with Gasteiger partial charge in [0.15, 0.2) is 5.82 Å². The fourth-order valence-electron chi connectivity index (χ4n) is 3.32. The number of benzene rings is 1. The predicted molar refractivity (Wildman–Crippen MR) is 76.4 cm³/mol. The number of nitrogens with one attached hydrogen (secondary N) is 1. The van der Waals surface area contributed by atoms with Crippen LogP contribution in [0.15, 0.2) is 22.7 Å². The maximum absolute atomic E-state index is 5.47. The number of fused-ring (bicyclic) bond motifs is 1. The van der Waals surface area contributed by atoms with Gasteiger partial charge in [-0.1, -0.05) is 24.1 Å². The van der Waals surface area contributed by atoms with Gasteiger partial charge in [-0.15, -0.1) is 0 Å². The Labute approximate surface area is 118 Å². The van der Waals surface area contributed by atoms with Crippen molar-refractivity contribution in [1.29, 1.82) is 0 Å². The standard InChI is InChI=1S/C16H19N3O/c1-2-4-12(3-1)15-18-16(20-19-15)13-6-5-11-7-8-17-10-14(11)9-13/h5-6,9,12,17H,1-4,7-8,10H2. The average molecular weight is 269 g/mol. The second kappa shape index (κ2) is 5.02. The van der Waals surface area contributed by atoms with Crippen LogP contribution in [0, 0.1) is 0 Å². The van der Waals surface area contributed by atoms with E-state index in [-0.39, 0.29) is 0 Å². The molecule has 0 bridgehead atoms. The van der Waals surface area contributed by atoms with E-state index in [2.05, 4.69) is 33.7 Å². The van der Waals surface area contributed by atoms with E-state index >= 15 is 0 Å². The van der Waals surface area contributed by atoms with E-state index in [0.717, 1.165) is 30.9 Å². The third-order valence-electron chi connectivity index (χ3n) is 4.50. The molecule has 1 aliphatic carbocycles. The van der Waals surface area contributed by atoms with Gasteiger partial charge in [0.1, 0.15) is 0 Å². The minimum Gasteiger partial charge on any atom is -0.334 e. The lowest BCUT2D eigenvalue weighted by molar-refractivity contribution is 0.415. The molecule has 1 saturated carbocycles. The molecule has 2 aromatic rings. The molecule has 0 unspecified atom stereocenters. The van der Waals surface area contributed by atoms with Gasteiger partial charge in [-0.3, -0.25) is 0 Å². The SMILES string of the molecule is c1cc2c(cc1-c1nc(C3CCCC3)no1)CNCC2. The maximum atomic E-state index is 5.47. The number of rotatable bonds is 2. The van der Waals surface area contributed by atoms with Crippen LogP contribution in [0.2, 0.25) is 0 Å². The van der Waals surface area contributed by atoms with Crippen molar-refractivity contribution in [2.24, 2.45) is 0 Å². The Bertz CT molecular complexity index is 614. The largest absolute Gasteiger partial charge is 0.334 e. The highest BCUT2D eigenvalue weighted by Gasteiger charge is 2.23. The monoisotopic (exact) mass is 269 g/mol. The zero-order valence-corrected chi connectivity index (χ0v) is 11.6. The average Bonchev–Trinajstić information content (AvgIpc) is 3.17. The van der Waals surface area contributed by atoms with Gasteiger partial charge in [0.05, 0.1) is 0 Å². The van der Waals surface area contributed by atoms with E-state index in [1.54, 1.807) is 0 Å². The molecule has 1 aromatic carbocycles. The van der Waals surface area contributed by atoms with Gasteiger partial charge in [0.2, 0.25) is 0 Å². The smallest absolute Gasteiger partial charge is 0.257 e. The first-order valence-electron chi connectivity index (χ1n) is 7.56. The topological polar surface area (TPSA) is 51.0 Å². The van der Waals surface area contributed by atoms with Crippen LogP contribution in [0.3, 0.4) is 0 Å². The molecule has 4 heteroatoms. The van der Waals surface area contributed by atoms with Gasteiger partial charge < -0.3 is 9.84 Å². The van der Waals surface area contributed by atoms with Crippen molar-refractivity contribution in [2.45, 2.75) is 44.6 Å². The molecule has 4 nitrogen and oxygen atoms in total. The molecule has 2 heterocycles. The first-order chi connectivity index (χ1) is 9.90. The number of aromatic nitrogens is 2. The Hall–Kier alpha value is -1.68. The molecule has 2 aliphatic rings. The summed E-state index contributed by atoms with van der Waals surface area (Å²) in [7, 11) is 0. The third-order valence-corrected chi connectivity index (χ3v) is 4.50. The van der Waals surface area contributed by atoms with Gasteiger partial charge in [-0.05, 0) is 49.1 Å². The van der Waals surface area contributed by atoms with Crippen LogP contribution in [0.25, 0.3) is 11.5 Å². The molecule has 0 spiro atoms. The first kappa shape index (κ1) is 12.1. The molecule has 0 radical (unpaired) electrons. The van der Waals surface area contributed by atoms with Crippen LogP contribution in [0.4, 0.5) is 0 Å². The number of nitrogens with zero attached hydrogens (tertiary/aromatic N) is 2. The molecule has 1 aliphatic heterocycles. The van der Waals surface area contributed by atoms with Crippen LogP contribution in [0.5, 0.6) is 0 Å². The molecule has 0 amide bonds. The molecular weight excluding hydrogens is 250 g/mol. The van der Waals surface area contributed by atoms with Gasteiger partial charge >= 0.3 is 0 Å². The lowest BCUT2D eigenvalue weighted by atomic mass is 9.98. The predicted octanol–water partition coefficient (Wildman–Crippen LogP) is 3.04. The minimum absolute atomic E-state index is 0.506. The fourth-order valence-corrected chi connectivity index (χ4v) is 3.32. The Morgan fingerprint density at radius 3 is 2.95 bits per heavy atom. The summed E-state index contributed by atoms with van der Waals surface area (Å²) < 4.78 is 5.47. The Morgan fingerprint density at radius 1 is 1.15 bits per heavy atom. The fraction of sp³-hybridized carbons (Fsp3) is 0.500. The first-order valence-corrected chi connectivity index (χ1v) is 7.56. The van der Waals surface area contributed by atoms with Crippen molar-refractivity contribution in [3.8, 4) is 11.5 Å². The molecule has 1 fully saturated rings. The van der Waals surface area contributed by atoms with Crippen LogP contribution >= 0.6 is 0 Å². The van der Waals surface area contributed by atoms with Crippen LogP contribution < -0.4 is 5.32 Å². The second-order valence-electron chi connectivity index (χ2n) is 5.85. The lowest BCUT2D eigenvalue weighted by Crippen LogP contribution is -2.23. The highest BCUT2D eigenvalue weighted by Crippen LogP contribution is 2.33. The van der Waals surface area contributed by atoms with E-state index in [4.69, 9.17) is 4.52 Å². The minimum atomic E-state index is 0.506. The molecule has 4 rings (SSSR count). The zero-order valence-electron chi connectivity index (χ0n) is 11.6. The Kier molecular flexibility index (Phi) is 3.03. The van der Waals surface area contributed by atoms with Crippen molar-refractivity contribution in [1.82, 2.24) is 15.5 Å². The van der Waals surface area contributed by atoms with E-state index in [1.165, 1.54) is 36.8 Å². The zero-order chi connectivity index (χ0) is 13.4. The van der Waals surface area contributed by atoms with Gasteiger partial charge in [-0.2, -0.15) is 4.98 Å². The van der Waals surface area contributed by atoms with Crippen LogP contribution in [0.1, 0.15) is 48.6 Å². The van der Waals surface area contributed by atoms with E-state index in [0.29, 0.717) is 11.8 Å². The van der Waals surface area contributed by atoms with Crippen LogP contribution in [-0.2, 0) is 13.0 Å². The molecule has 104 valence electrons. The van der Waals surface area contributed by atoms with Crippen molar-refractivity contribution < 1.29 is 4.52 Å². The molecule has 1 N–H and O–H groups in total. The normalized spacial score (nSPS) is 19.2. The maximum Gasteiger partial charge on any atom is 0.257 e. The van der Waals surface area contributed by atoms with Gasteiger partial charge in [0.25, 0.3) is 5.89 Å². The van der Waals surface area contributed by atoms with Crippen molar-refractivity contribution in [3.05, 3.63) is 35.2 Å². The summed E-state index contributed by atoms with van der Waals surface area (Å²) in [5.74, 6) is 2.07. The van der Waals surface area contributed by atoms with Crippen molar-refractivity contribution >= 4 is 0 Å². The van der Waals surface area contributed by atoms with E-state index in [1.807, 2.05) is 0 Å². The van der Waals surface area contributed by atoms with E-state index in [9.17, 15) is 0 Å². The van der Waals surface area contributed by atoms with Crippen LogP contribution in [-0.4, -0.2) is 16.7 Å². The molecule has 20 heavy (non-hydrogen) atoms. The molecule has 0 saturated heterocycles. The highest BCUT2D eigenvalue weighted by atomic mass is 16.5. The summed E-state index contributed by atoms with van der Waals surface area (Å²) >= 11 is 0. The lowest BCUT2D eigenvalue weighted by Gasteiger charge is -2.17.